The molecule has 2 aromatic carbocycles. The lowest BCUT2D eigenvalue weighted by Gasteiger charge is -2.10. The molecule has 0 atom stereocenters. The summed E-state index contributed by atoms with van der Waals surface area (Å²) in [7, 11) is 0. The van der Waals surface area contributed by atoms with Gasteiger partial charge in [-0.15, -0.1) is 0 Å². The number of nitrogens with one attached hydrogen (secondary N) is 1. The predicted molar refractivity (Wildman–Crippen MR) is 84.3 cm³/mol. The highest BCUT2D eigenvalue weighted by Crippen LogP contribution is 2.32. The van der Waals surface area contributed by atoms with Crippen LogP contribution in [0.5, 0.6) is 11.5 Å². The number of hydrogen-bond acceptors (Lipinski definition) is 4. The molecule has 0 radical (unpaired) electrons. The number of carbonyl (C=O) groups excluding carboxylic acids is 1. The Kier molecular flexibility index (Phi) is 4.25. The molecular formula is C17H18N2O3. The maximum atomic E-state index is 12.3. The first-order valence-electron chi connectivity index (χ1n) is 7.26. The Balaban J connectivity index is 1.77. The fourth-order valence-electron chi connectivity index (χ4n) is 2.28. The summed E-state index contributed by atoms with van der Waals surface area (Å²) >= 11 is 0. The van der Waals surface area contributed by atoms with Crippen LogP contribution in [0.25, 0.3) is 0 Å². The van der Waals surface area contributed by atoms with E-state index < -0.39 is 0 Å². The lowest BCUT2D eigenvalue weighted by atomic mass is 10.1. The molecule has 0 fully saturated rings. The van der Waals surface area contributed by atoms with Crippen LogP contribution < -0.4 is 20.5 Å². The first kappa shape index (κ1) is 14.4. The molecule has 1 amide bonds. The zero-order valence-electron chi connectivity index (χ0n) is 12.2. The van der Waals surface area contributed by atoms with E-state index in [2.05, 4.69) is 5.32 Å². The second-order valence-corrected chi connectivity index (χ2v) is 5.07. The molecule has 0 aliphatic carbocycles. The molecule has 22 heavy (non-hydrogen) atoms. The van der Waals surface area contributed by atoms with E-state index in [-0.39, 0.29) is 5.91 Å². The van der Waals surface area contributed by atoms with Gasteiger partial charge in [0, 0.05) is 30.3 Å². The minimum atomic E-state index is -0.176. The standard InChI is InChI=1S/C17H18N2O3/c18-11-12-3-1-4-13(9-12)17(20)19-14-5-6-15-16(10-14)22-8-2-7-21-15/h1,3-6,9-10H,2,7-8,11,18H2,(H,19,20). The van der Waals surface area contributed by atoms with E-state index in [9.17, 15) is 4.79 Å². The number of amides is 1. The Bertz CT molecular complexity index is 685. The maximum Gasteiger partial charge on any atom is 0.255 e. The van der Waals surface area contributed by atoms with Crippen LogP contribution in [0.2, 0.25) is 0 Å². The number of fused-ring (bicyclic) bond motifs is 1. The summed E-state index contributed by atoms with van der Waals surface area (Å²) in [5, 5.41) is 2.86. The first-order valence-corrected chi connectivity index (χ1v) is 7.26. The second kappa shape index (κ2) is 6.49. The van der Waals surface area contributed by atoms with Gasteiger partial charge in [0.1, 0.15) is 0 Å². The number of hydrogen-bond donors (Lipinski definition) is 2. The van der Waals surface area contributed by atoms with Gasteiger partial charge in [-0.2, -0.15) is 0 Å². The summed E-state index contributed by atoms with van der Waals surface area (Å²) in [5.74, 6) is 1.19. The summed E-state index contributed by atoms with van der Waals surface area (Å²) < 4.78 is 11.2. The zero-order chi connectivity index (χ0) is 15.4. The SMILES string of the molecule is NCc1cccc(C(=O)Nc2ccc3c(c2)OCCCO3)c1. The average Bonchev–Trinajstić information content (AvgIpc) is 2.79. The van der Waals surface area contributed by atoms with Crippen molar-refractivity contribution in [1.82, 2.24) is 0 Å². The number of rotatable bonds is 3. The van der Waals surface area contributed by atoms with Crippen molar-refractivity contribution in [3.05, 3.63) is 53.6 Å². The quantitative estimate of drug-likeness (QED) is 0.913. The third-order valence-electron chi connectivity index (χ3n) is 3.43. The lowest BCUT2D eigenvalue weighted by molar-refractivity contribution is 0.102. The van der Waals surface area contributed by atoms with Crippen LogP contribution in [0.15, 0.2) is 42.5 Å². The van der Waals surface area contributed by atoms with E-state index in [1.54, 1.807) is 24.3 Å². The minimum Gasteiger partial charge on any atom is -0.490 e. The summed E-state index contributed by atoms with van der Waals surface area (Å²) in [6, 6.07) is 12.7. The Morgan fingerprint density at radius 3 is 2.73 bits per heavy atom. The Hall–Kier alpha value is -2.53. The molecule has 0 spiro atoms. The van der Waals surface area contributed by atoms with E-state index in [1.807, 2.05) is 18.2 Å². The maximum absolute atomic E-state index is 12.3. The normalized spacial score (nSPS) is 13.3. The summed E-state index contributed by atoms with van der Waals surface area (Å²) in [6.07, 6.45) is 0.849. The molecule has 5 nitrogen and oxygen atoms in total. The summed E-state index contributed by atoms with van der Waals surface area (Å²) in [4.78, 5) is 12.3. The third-order valence-corrected chi connectivity index (χ3v) is 3.43. The molecule has 2 aromatic rings. The van der Waals surface area contributed by atoms with Gasteiger partial charge in [-0.3, -0.25) is 4.79 Å². The molecule has 0 saturated heterocycles. The molecular weight excluding hydrogens is 280 g/mol. The van der Waals surface area contributed by atoms with Crippen molar-refractivity contribution in [2.24, 2.45) is 5.73 Å². The molecule has 0 unspecified atom stereocenters. The van der Waals surface area contributed by atoms with Gasteiger partial charge in [0.2, 0.25) is 0 Å². The molecule has 1 aliphatic rings. The zero-order valence-corrected chi connectivity index (χ0v) is 12.2. The van der Waals surface area contributed by atoms with Crippen molar-refractivity contribution in [1.29, 1.82) is 0 Å². The minimum absolute atomic E-state index is 0.176. The smallest absolute Gasteiger partial charge is 0.255 e. The highest BCUT2D eigenvalue weighted by Gasteiger charge is 2.12. The molecule has 3 N–H and O–H groups in total. The fourth-order valence-corrected chi connectivity index (χ4v) is 2.28. The van der Waals surface area contributed by atoms with E-state index in [0.29, 0.717) is 42.5 Å². The van der Waals surface area contributed by atoms with E-state index in [4.69, 9.17) is 15.2 Å². The highest BCUT2D eigenvalue weighted by atomic mass is 16.5. The highest BCUT2D eigenvalue weighted by molar-refractivity contribution is 6.04. The van der Waals surface area contributed by atoms with Crippen LogP contribution in [0, 0.1) is 0 Å². The fraction of sp³-hybridized carbons (Fsp3) is 0.235. The first-order chi connectivity index (χ1) is 10.8. The summed E-state index contributed by atoms with van der Waals surface area (Å²) in [6.45, 7) is 1.67. The molecule has 1 heterocycles. The second-order valence-electron chi connectivity index (χ2n) is 5.07. The molecule has 0 bridgehead atoms. The van der Waals surface area contributed by atoms with Gasteiger partial charge in [-0.05, 0) is 29.8 Å². The molecule has 0 aromatic heterocycles. The van der Waals surface area contributed by atoms with Gasteiger partial charge in [0.05, 0.1) is 13.2 Å². The molecule has 1 aliphatic heterocycles. The van der Waals surface area contributed by atoms with Crippen molar-refractivity contribution in [3.63, 3.8) is 0 Å². The number of anilines is 1. The van der Waals surface area contributed by atoms with Crippen LogP contribution in [0.1, 0.15) is 22.3 Å². The predicted octanol–water partition coefficient (Wildman–Crippen LogP) is 2.56. The number of ether oxygens (including phenoxy) is 2. The van der Waals surface area contributed by atoms with Crippen molar-refractivity contribution in [3.8, 4) is 11.5 Å². The number of benzene rings is 2. The molecule has 3 rings (SSSR count). The van der Waals surface area contributed by atoms with Crippen molar-refractivity contribution < 1.29 is 14.3 Å². The monoisotopic (exact) mass is 298 g/mol. The van der Waals surface area contributed by atoms with Gasteiger partial charge in [0.25, 0.3) is 5.91 Å². The molecule has 5 heteroatoms. The van der Waals surface area contributed by atoms with Gasteiger partial charge in [-0.1, -0.05) is 12.1 Å². The van der Waals surface area contributed by atoms with Gasteiger partial charge in [0.15, 0.2) is 11.5 Å². The summed E-state index contributed by atoms with van der Waals surface area (Å²) in [5.41, 5.74) is 7.78. The van der Waals surface area contributed by atoms with E-state index >= 15 is 0 Å². The van der Waals surface area contributed by atoms with Crippen molar-refractivity contribution in [2.75, 3.05) is 18.5 Å². The average molecular weight is 298 g/mol. The lowest BCUT2D eigenvalue weighted by Crippen LogP contribution is -2.12. The molecule has 0 saturated carbocycles. The molecule has 114 valence electrons. The Morgan fingerprint density at radius 1 is 1.09 bits per heavy atom. The van der Waals surface area contributed by atoms with Crippen LogP contribution in [-0.4, -0.2) is 19.1 Å². The van der Waals surface area contributed by atoms with Crippen molar-refractivity contribution in [2.45, 2.75) is 13.0 Å². The van der Waals surface area contributed by atoms with E-state index in [0.717, 1.165) is 12.0 Å². The van der Waals surface area contributed by atoms with Gasteiger partial charge in [-0.25, -0.2) is 0 Å². The van der Waals surface area contributed by atoms with Crippen LogP contribution in [-0.2, 0) is 6.54 Å². The third kappa shape index (κ3) is 3.20. The van der Waals surface area contributed by atoms with Crippen molar-refractivity contribution >= 4 is 11.6 Å². The number of nitrogens with two attached hydrogens (primary N) is 1. The Labute approximate surface area is 129 Å². The van der Waals surface area contributed by atoms with Crippen LogP contribution >= 0.6 is 0 Å². The van der Waals surface area contributed by atoms with E-state index in [1.165, 1.54) is 0 Å². The van der Waals surface area contributed by atoms with Gasteiger partial charge < -0.3 is 20.5 Å². The largest absolute Gasteiger partial charge is 0.490 e. The van der Waals surface area contributed by atoms with Crippen LogP contribution in [0.4, 0.5) is 5.69 Å². The van der Waals surface area contributed by atoms with Crippen LogP contribution in [0.3, 0.4) is 0 Å². The topological polar surface area (TPSA) is 73.6 Å². The van der Waals surface area contributed by atoms with Gasteiger partial charge >= 0.3 is 0 Å². The number of carbonyl (C=O) groups is 1. The Morgan fingerprint density at radius 2 is 1.91 bits per heavy atom.